The normalized spacial score (nSPS) is 17.7. The van der Waals surface area contributed by atoms with Crippen molar-refractivity contribution in [2.75, 3.05) is 38.7 Å². The van der Waals surface area contributed by atoms with E-state index in [1.54, 1.807) is 12.1 Å². The predicted octanol–water partition coefficient (Wildman–Crippen LogP) is 1.48. The van der Waals surface area contributed by atoms with Crippen molar-refractivity contribution in [1.29, 1.82) is 0 Å². The minimum Gasteiger partial charge on any atom is -0.318 e. The molecule has 1 fully saturated rings. The van der Waals surface area contributed by atoms with E-state index >= 15 is 0 Å². The van der Waals surface area contributed by atoms with Gasteiger partial charge < -0.3 is 10.3 Å². The van der Waals surface area contributed by atoms with Crippen LogP contribution in [0.2, 0.25) is 0 Å². The van der Waals surface area contributed by atoms with Gasteiger partial charge >= 0.3 is 0 Å². The highest BCUT2D eigenvalue weighted by molar-refractivity contribution is 5.56. The van der Waals surface area contributed by atoms with Crippen LogP contribution >= 0.6 is 0 Å². The molecule has 0 aromatic heterocycles. The average molecular weight is 250 g/mol. The van der Waals surface area contributed by atoms with Crippen LogP contribution < -0.4 is 5.43 Å². The third-order valence-electron chi connectivity index (χ3n) is 3.21. The fourth-order valence-electron chi connectivity index (χ4n) is 1.93. The SMILES string of the molecule is Cc1ccc([N+](=O)[O-])cc1NN1CCN(C)CC1. The summed E-state index contributed by atoms with van der Waals surface area (Å²) < 4.78 is 0. The summed E-state index contributed by atoms with van der Waals surface area (Å²) in [5, 5.41) is 12.9. The van der Waals surface area contributed by atoms with Gasteiger partial charge in [-0.1, -0.05) is 6.07 Å². The number of benzene rings is 1. The molecule has 2 rings (SSSR count). The highest BCUT2D eigenvalue weighted by atomic mass is 16.6. The number of nitro groups is 1. The lowest BCUT2D eigenvalue weighted by Gasteiger charge is -2.33. The molecule has 0 spiro atoms. The number of nitrogens with zero attached hydrogens (tertiary/aromatic N) is 3. The lowest BCUT2D eigenvalue weighted by atomic mass is 10.2. The van der Waals surface area contributed by atoms with E-state index in [1.807, 2.05) is 6.92 Å². The van der Waals surface area contributed by atoms with Crippen molar-refractivity contribution in [1.82, 2.24) is 9.91 Å². The third kappa shape index (κ3) is 2.96. The van der Waals surface area contributed by atoms with Crippen LogP contribution in [0.4, 0.5) is 11.4 Å². The Balaban J connectivity index is 2.08. The van der Waals surface area contributed by atoms with Crippen molar-refractivity contribution in [2.24, 2.45) is 0 Å². The van der Waals surface area contributed by atoms with Gasteiger partial charge in [0.15, 0.2) is 0 Å². The van der Waals surface area contributed by atoms with Crippen LogP contribution in [0, 0.1) is 17.0 Å². The zero-order chi connectivity index (χ0) is 13.1. The average Bonchev–Trinajstić information content (AvgIpc) is 2.34. The van der Waals surface area contributed by atoms with E-state index in [-0.39, 0.29) is 10.6 Å². The standard InChI is InChI=1S/C12H18N4O2/c1-10-3-4-11(16(17)18)9-12(10)13-15-7-5-14(2)6-8-15/h3-4,9,13H,5-8H2,1-2H3. The van der Waals surface area contributed by atoms with Gasteiger partial charge in [-0.2, -0.15) is 0 Å². The molecule has 1 heterocycles. The quantitative estimate of drug-likeness (QED) is 0.650. The maximum atomic E-state index is 10.8. The van der Waals surface area contributed by atoms with E-state index in [9.17, 15) is 10.1 Å². The highest BCUT2D eigenvalue weighted by Crippen LogP contribution is 2.22. The van der Waals surface area contributed by atoms with Crippen molar-refractivity contribution in [3.8, 4) is 0 Å². The minimum absolute atomic E-state index is 0.122. The van der Waals surface area contributed by atoms with Gasteiger partial charge in [-0.3, -0.25) is 10.1 Å². The first kappa shape index (κ1) is 12.8. The number of nitrogens with one attached hydrogen (secondary N) is 1. The summed E-state index contributed by atoms with van der Waals surface area (Å²) in [7, 11) is 2.09. The summed E-state index contributed by atoms with van der Waals surface area (Å²) in [5.41, 5.74) is 5.22. The topological polar surface area (TPSA) is 61.7 Å². The molecular formula is C12H18N4O2. The second kappa shape index (κ2) is 5.32. The summed E-state index contributed by atoms with van der Waals surface area (Å²) in [6, 6.07) is 4.90. The molecule has 0 saturated carbocycles. The van der Waals surface area contributed by atoms with Crippen LogP contribution in [0.25, 0.3) is 0 Å². The maximum Gasteiger partial charge on any atom is 0.271 e. The summed E-state index contributed by atoms with van der Waals surface area (Å²) in [6.07, 6.45) is 0. The van der Waals surface area contributed by atoms with Crippen molar-refractivity contribution >= 4 is 11.4 Å². The molecule has 0 atom stereocenters. The Hall–Kier alpha value is -1.66. The number of nitro benzene ring substituents is 1. The van der Waals surface area contributed by atoms with E-state index < -0.39 is 0 Å². The second-order valence-electron chi connectivity index (χ2n) is 4.66. The van der Waals surface area contributed by atoms with Crippen molar-refractivity contribution in [3.63, 3.8) is 0 Å². The second-order valence-corrected chi connectivity index (χ2v) is 4.66. The molecular weight excluding hydrogens is 232 g/mol. The summed E-state index contributed by atoms with van der Waals surface area (Å²) >= 11 is 0. The summed E-state index contributed by atoms with van der Waals surface area (Å²) in [5.74, 6) is 0. The first-order valence-electron chi connectivity index (χ1n) is 6.01. The molecule has 0 radical (unpaired) electrons. The van der Waals surface area contributed by atoms with Crippen LogP contribution in [-0.2, 0) is 0 Å². The van der Waals surface area contributed by atoms with Crippen LogP contribution in [0.15, 0.2) is 18.2 Å². The molecule has 0 unspecified atom stereocenters. The zero-order valence-electron chi connectivity index (χ0n) is 10.7. The number of anilines is 1. The molecule has 1 saturated heterocycles. The van der Waals surface area contributed by atoms with Gasteiger partial charge in [-0.15, -0.1) is 0 Å². The predicted molar refractivity (Wildman–Crippen MR) is 70.5 cm³/mol. The molecule has 1 aromatic carbocycles. The largest absolute Gasteiger partial charge is 0.318 e. The molecule has 1 aliphatic heterocycles. The van der Waals surface area contributed by atoms with E-state index in [1.165, 1.54) is 6.07 Å². The number of hydrogen-bond donors (Lipinski definition) is 1. The third-order valence-corrected chi connectivity index (χ3v) is 3.21. The van der Waals surface area contributed by atoms with Gasteiger partial charge in [0, 0.05) is 38.3 Å². The van der Waals surface area contributed by atoms with E-state index in [2.05, 4.69) is 22.4 Å². The first-order chi connectivity index (χ1) is 8.56. The molecule has 0 bridgehead atoms. The number of likely N-dealkylation sites (N-methyl/N-ethyl adjacent to an activating group) is 1. The Kier molecular flexibility index (Phi) is 3.78. The van der Waals surface area contributed by atoms with Crippen LogP contribution in [0.5, 0.6) is 0 Å². The van der Waals surface area contributed by atoms with Gasteiger partial charge in [-0.25, -0.2) is 5.01 Å². The lowest BCUT2D eigenvalue weighted by Crippen LogP contribution is -2.47. The van der Waals surface area contributed by atoms with Gasteiger partial charge in [0.1, 0.15) is 0 Å². The summed E-state index contributed by atoms with van der Waals surface area (Å²) in [6.45, 7) is 5.78. The van der Waals surface area contributed by atoms with Crippen LogP contribution in [0.3, 0.4) is 0 Å². The number of non-ortho nitro benzene ring substituents is 1. The molecule has 6 nitrogen and oxygen atoms in total. The number of rotatable bonds is 3. The molecule has 98 valence electrons. The Bertz CT molecular complexity index is 442. The fourth-order valence-corrected chi connectivity index (χ4v) is 1.93. The molecule has 1 aromatic rings. The van der Waals surface area contributed by atoms with Crippen LogP contribution in [0.1, 0.15) is 5.56 Å². The van der Waals surface area contributed by atoms with Gasteiger partial charge in [0.05, 0.1) is 10.6 Å². The van der Waals surface area contributed by atoms with Crippen molar-refractivity contribution < 1.29 is 4.92 Å². The van der Waals surface area contributed by atoms with Gasteiger partial charge in [0.25, 0.3) is 5.69 Å². The molecule has 0 amide bonds. The highest BCUT2D eigenvalue weighted by Gasteiger charge is 2.15. The number of hydrazine groups is 1. The first-order valence-corrected chi connectivity index (χ1v) is 6.01. The molecule has 1 N–H and O–H groups in total. The van der Waals surface area contributed by atoms with Gasteiger partial charge in [-0.05, 0) is 19.5 Å². The smallest absolute Gasteiger partial charge is 0.271 e. The summed E-state index contributed by atoms with van der Waals surface area (Å²) in [4.78, 5) is 12.7. The Labute approximate surface area is 106 Å². The van der Waals surface area contributed by atoms with E-state index in [0.717, 1.165) is 37.4 Å². The Morgan fingerprint density at radius 3 is 2.56 bits per heavy atom. The van der Waals surface area contributed by atoms with E-state index in [4.69, 9.17) is 0 Å². The lowest BCUT2D eigenvalue weighted by molar-refractivity contribution is -0.384. The number of piperazine rings is 1. The Morgan fingerprint density at radius 2 is 1.94 bits per heavy atom. The molecule has 1 aliphatic rings. The number of aryl methyl sites for hydroxylation is 1. The van der Waals surface area contributed by atoms with Crippen molar-refractivity contribution in [2.45, 2.75) is 6.92 Å². The van der Waals surface area contributed by atoms with Crippen LogP contribution in [-0.4, -0.2) is 48.1 Å². The fraction of sp³-hybridized carbons (Fsp3) is 0.500. The van der Waals surface area contributed by atoms with Crippen molar-refractivity contribution in [3.05, 3.63) is 33.9 Å². The van der Waals surface area contributed by atoms with E-state index in [0.29, 0.717) is 0 Å². The number of hydrogen-bond acceptors (Lipinski definition) is 5. The maximum absolute atomic E-state index is 10.8. The molecule has 6 heteroatoms. The van der Waals surface area contributed by atoms with Gasteiger partial charge in [0.2, 0.25) is 0 Å². The molecule has 18 heavy (non-hydrogen) atoms. The Morgan fingerprint density at radius 1 is 1.28 bits per heavy atom. The zero-order valence-corrected chi connectivity index (χ0v) is 10.7. The molecule has 0 aliphatic carbocycles. The minimum atomic E-state index is -0.366. The monoisotopic (exact) mass is 250 g/mol.